The molecule has 0 unspecified atom stereocenters. The number of amides is 1. The van der Waals surface area contributed by atoms with Gasteiger partial charge in [-0.05, 0) is 42.8 Å². The van der Waals surface area contributed by atoms with E-state index >= 15 is 0 Å². The predicted molar refractivity (Wildman–Crippen MR) is 109 cm³/mol. The molecular weight excluding hydrogens is 352 g/mol. The van der Waals surface area contributed by atoms with Crippen molar-refractivity contribution in [2.45, 2.75) is 19.8 Å². The van der Waals surface area contributed by atoms with Crippen LogP contribution in [0.15, 0.2) is 69.5 Å². The lowest BCUT2D eigenvalue weighted by atomic mass is 10.1. The third-order valence-electron chi connectivity index (χ3n) is 4.82. The van der Waals surface area contributed by atoms with E-state index < -0.39 is 0 Å². The summed E-state index contributed by atoms with van der Waals surface area (Å²) in [6.07, 6.45) is 0.746. The van der Waals surface area contributed by atoms with Gasteiger partial charge in [-0.1, -0.05) is 24.3 Å². The van der Waals surface area contributed by atoms with Gasteiger partial charge in [0.15, 0.2) is 11.5 Å². The van der Waals surface area contributed by atoms with Crippen molar-refractivity contribution in [3.05, 3.63) is 72.1 Å². The number of furan rings is 1. The van der Waals surface area contributed by atoms with Gasteiger partial charge in [-0.3, -0.25) is 4.79 Å². The lowest BCUT2D eigenvalue weighted by Crippen LogP contribution is -2.12. The van der Waals surface area contributed by atoms with Crippen LogP contribution in [-0.2, 0) is 11.2 Å². The van der Waals surface area contributed by atoms with Crippen LogP contribution in [0.4, 0.5) is 5.69 Å². The molecule has 5 nitrogen and oxygen atoms in total. The zero-order valence-corrected chi connectivity index (χ0v) is 15.4. The molecule has 0 saturated carbocycles. The minimum atomic E-state index is -0.0890. The van der Waals surface area contributed by atoms with Crippen molar-refractivity contribution in [3.8, 4) is 0 Å². The summed E-state index contributed by atoms with van der Waals surface area (Å²) in [5.41, 5.74) is 5.01. The Balaban J connectivity index is 1.29. The number of benzene rings is 3. The van der Waals surface area contributed by atoms with Crippen LogP contribution in [0.1, 0.15) is 17.9 Å². The molecule has 0 bridgehead atoms. The highest BCUT2D eigenvalue weighted by molar-refractivity contribution is 6.06. The quantitative estimate of drug-likeness (QED) is 0.447. The van der Waals surface area contributed by atoms with E-state index in [1.54, 1.807) is 0 Å². The molecule has 0 radical (unpaired) electrons. The second-order valence-corrected chi connectivity index (χ2v) is 6.94. The molecule has 2 aromatic heterocycles. The molecule has 0 aliphatic rings. The van der Waals surface area contributed by atoms with Crippen molar-refractivity contribution in [3.63, 3.8) is 0 Å². The zero-order chi connectivity index (χ0) is 19.1. The summed E-state index contributed by atoms with van der Waals surface area (Å²) < 4.78 is 11.6. The topological polar surface area (TPSA) is 68.3 Å². The summed E-state index contributed by atoms with van der Waals surface area (Å²) in [4.78, 5) is 16.8. The number of carbonyl (C=O) groups is 1. The number of fused-ring (bicyclic) bond motifs is 4. The Morgan fingerprint density at radius 2 is 1.79 bits per heavy atom. The summed E-state index contributed by atoms with van der Waals surface area (Å²) in [5, 5.41) is 5.03. The SMILES string of the molecule is Cc1ccc2oc(CCC(=O)Nc3ccc4c(c3)oc3ccccc34)nc2c1. The van der Waals surface area contributed by atoms with Crippen LogP contribution in [0.2, 0.25) is 0 Å². The molecule has 0 fully saturated rings. The van der Waals surface area contributed by atoms with Crippen LogP contribution in [0.25, 0.3) is 33.0 Å². The van der Waals surface area contributed by atoms with Crippen LogP contribution in [-0.4, -0.2) is 10.9 Å². The van der Waals surface area contributed by atoms with Crippen LogP contribution >= 0.6 is 0 Å². The smallest absolute Gasteiger partial charge is 0.224 e. The van der Waals surface area contributed by atoms with Gasteiger partial charge in [-0.15, -0.1) is 0 Å². The number of nitrogens with one attached hydrogen (secondary N) is 1. The van der Waals surface area contributed by atoms with Crippen molar-refractivity contribution >= 4 is 44.6 Å². The summed E-state index contributed by atoms with van der Waals surface area (Å²) in [6.45, 7) is 2.01. The average Bonchev–Trinajstić information content (AvgIpc) is 3.26. The summed E-state index contributed by atoms with van der Waals surface area (Å²) in [7, 11) is 0. The number of carbonyl (C=O) groups excluding carboxylic acids is 1. The summed E-state index contributed by atoms with van der Waals surface area (Å²) >= 11 is 0. The number of anilines is 1. The molecule has 3 aromatic carbocycles. The lowest BCUT2D eigenvalue weighted by molar-refractivity contribution is -0.116. The monoisotopic (exact) mass is 370 g/mol. The molecule has 0 aliphatic carbocycles. The molecule has 5 aromatic rings. The van der Waals surface area contributed by atoms with Gasteiger partial charge in [0.2, 0.25) is 5.91 Å². The number of nitrogens with zero attached hydrogens (tertiary/aromatic N) is 1. The minimum Gasteiger partial charge on any atom is -0.456 e. The van der Waals surface area contributed by atoms with Gasteiger partial charge in [0.1, 0.15) is 16.7 Å². The molecular formula is C23H18N2O3. The van der Waals surface area contributed by atoms with E-state index in [-0.39, 0.29) is 5.91 Å². The molecule has 1 N–H and O–H groups in total. The molecule has 5 rings (SSSR count). The Kier molecular flexibility index (Phi) is 3.86. The van der Waals surface area contributed by atoms with Crippen molar-refractivity contribution in [2.75, 3.05) is 5.32 Å². The number of aryl methyl sites for hydroxylation is 2. The largest absolute Gasteiger partial charge is 0.456 e. The predicted octanol–water partition coefficient (Wildman–Crippen LogP) is 5.61. The van der Waals surface area contributed by atoms with Gasteiger partial charge < -0.3 is 14.2 Å². The van der Waals surface area contributed by atoms with Gasteiger partial charge >= 0.3 is 0 Å². The van der Waals surface area contributed by atoms with E-state index in [0.29, 0.717) is 24.4 Å². The van der Waals surface area contributed by atoms with Gasteiger partial charge in [-0.2, -0.15) is 0 Å². The number of oxazole rings is 1. The first-order valence-corrected chi connectivity index (χ1v) is 9.23. The Bertz CT molecular complexity index is 1330. The standard InChI is InChI=1S/C23H18N2O3/c1-14-6-9-20-18(12-14)25-23(28-20)11-10-22(26)24-15-7-8-17-16-4-2-3-5-19(16)27-21(17)13-15/h2-9,12-13H,10-11H2,1H3,(H,24,26). The van der Waals surface area contributed by atoms with E-state index in [1.165, 1.54) is 0 Å². The van der Waals surface area contributed by atoms with Crippen LogP contribution < -0.4 is 5.32 Å². The van der Waals surface area contributed by atoms with Gasteiger partial charge in [-0.25, -0.2) is 4.98 Å². The summed E-state index contributed by atoms with van der Waals surface area (Å²) in [5.74, 6) is 0.484. The van der Waals surface area contributed by atoms with Crippen LogP contribution in [0.3, 0.4) is 0 Å². The Morgan fingerprint density at radius 1 is 0.929 bits per heavy atom. The molecule has 2 heterocycles. The number of para-hydroxylation sites is 1. The molecule has 0 saturated heterocycles. The van der Waals surface area contributed by atoms with Crippen molar-refractivity contribution in [1.29, 1.82) is 0 Å². The molecule has 1 amide bonds. The van der Waals surface area contributed by atoms with E-state index in [1.807, 2.05) is 67.6 Å². The Morgan fingerprint density at radius 3 is 2.71 bits per heavy atom. The number of aromatic nitrogens is 1. The second kappa shape index (κ2) is 6.53. The van der Waals surface area contributed by atoms with Gasteiger partial charge in [0.05, 0.1) is 0 Å². The van der Waals surface area contributed by atoms with Crippen molar-refractivity contribution in [2.24, 2.45) is 0 Å². The normalized spacial score (nSPS) is 11.5. The molecule has 5 heteroatoms. The van der Waals surface area contributed by atoms with Crippen LogP contribution in [0.5, 0.6) is 0 Å². The average molecular weight is 370 g/mol. The molecule has 28 heavy (non-hydrogen) atoms. The van der Waals surface area contributed by atoms with E-state index in [2.05, 4.69) is 10.3 Å². The molecule has 138 valence electrons. The number of hydrogen-bond donors (Lipinski definition) is 1. The zero-order valence-electron chi connectivity index (χ0n) is 15.4. The molecule has 0 aliphatic heterocycles. The van der Waals surface area contributed by atoms with E-state index in [0.717, 1.165) is 38.6 Å². The second-order valence-electron chi connectivity index (χ2n) is 6.94. The fourth-order valence-corrected chi connectivity index (χ4v) is 3.44. The first-order chi connectivity index (χ1) is 13.7. The fraction of sp³-hybridized carbons (Fsp3) is 0.130. The third-order valence-corrected chi connectivity index (χ3v) is 4.82. The highest BCUT2D eigenvalue weighted by Gasteiger charge is 2.11. The minimum absolute atomic E-state index is 0.0890. The third kappa shape index (κ3) is 3.01. The number of rotatable bonds is 4. The van der Waals surface area contributed by atoms with Gasteiger partial charge in [0.25, 0.3) is 0 Å². The maximum absolute atomic E-state index is 12.4. The Labute approximate surface area is 161 Å². The molecule has 0 atom stereocenters. The maximum atomic E-state index is 12.4. The lowest BCUT2D eigenvalue weighted by Gasteiger charge is -2.04. The van der Waals surface area contributed by atoms with Gasteiger partial charge in [0, 0.05) is 35.4 Å². The Hall–Kier alpha value is -3.60. The summed E-state index contributed by atoms with van der Waals surface area (Å²) in [6, 6.07) is 19.5. The van der Waals surface area contributed by atoms with Crippen LogP contribution in [0, 0.1) is 6.92 Å². The highest BCUT2D eigenvalue weighted by Crippen LogP contribution is 2.30. The van der Waals surface area contributed by atoms with Crippen molar-refractivity contribution in [1.82, 2.24) is 4.98 Å². The van der Waals surface area contributed by atoms with E-state index in [9.17, 15) is 4.79 Å². The fourth-order valence-electron chi connectivity index (χ4n) is 3.44. The van der Waals surface area contributed by atoms with Crippen molar-refractivity contribution < 1.29 is 13.6 Å². The van der Waals surface area contributed by atoms with E-state index in [4.69, 9.17) is 8.83 Å². The molecule has 0 spiro atoms. The number of hydrogen-bond acceptors (Lipinski definition) is 4. The maximum Gasteiger partial charge on any atom is 0.224 e. The first kappa shape index (κ1) is 16.6. The first-order valence-electron chi connectivity index (χ1n) is 9.23. The highest BCUT2D eigenvalue weighted by atomic mass is 16.3.